The van der Waals surface area contributed by atoms with Gasteiger partial charge >= 0.3 is 0 Å². The number of carbonyl (C=O) groups is 2. The van der Waals surface area contributed by atoms with Crippen LogP contribution in [0.1, 0.15) is 39.5 Å². The molecule has 1 heterocycles. The highest BCUT2D eigenvalue weighted by Gasteiger charge is 2.29. The lowest BCUT2D eigenvalue weighted by Gasteiger charge is -2.14. The quantitative estimate of drug-likeness (QED) is 0.209. The fourth-order valence-corrected chi connectivity index (χ4v) is 4.80. The molecule has 1 aliphatic rings. The van der Waals surface area contributed by atoms with Crippen molar-refractivity contribution in [3.05, 3.63) is 131 Å². The zero-order chi connectivity index (χ0) is 27.2. The molecule has 39 heavy (non-hydrogen) atoms. The van der Waals surface area contributed by atoms with Crippen molar-refractivity contribution in [3.8, 4) is 5.75 Å². The normalized spacial score (nSPS) is 14.5. The van der Waals surface area contributed by atoms with Crippen LogP contribution in [0, 0.1) is 0 Å². The summed E-state index contributed by atoms with van der Waals surface area (Å²) in [4.78, 5) is 26.7. The lowest BCUT2D eigenvalue weighted by Crippen LogP contribution is -2.30. The van der Waals surface area contributed by atoms with Crippen LogP contribution in [0.25, 0.3) is 5.57 Å². The van der Waals surface area contributed by atoms with Crippen LogP contribution in [-0.4, -0.2) is 18.9 Å². The zero-order valence-electron chi connectivity index (χ0n) is 21.5. The third-order valence-electron chi connectivity index (χ3n) is 6.72. The summed E-state index contributed by atoms with van der Waals surface area (Å²) < 4.78 is 5.30. The molecule has 1 aliphatic heterocycles. The fraction of sp³-hybridized carbons (Fsp3) is 0.125. The summed E-state index contributed by atoms with van der Waals surface area (Å²) in [5.74, 6) is 0.373. The van der Waals surface area contributed by atoms with Gasteiger partial charge in [-0.25, -0.2) is 0 Å². The number of rotatable bonds is 8. The number of anilines is 1. The van der Waals surface area contributed by atoms with Gasteiger partial charge in [0.2, 0.25) is 0 Å². The van der Waals surface area contributed by atoms with Crippen LogP contribution in [0.5, 0.6) is 5.75 Å². The smallest absolute Gasteiger partial charge is 0.267 e. The van der Waals surface area contributed by atoms with E-state index in [1.807, 2.05) is 72.8 Å². The largest absolute Gasteiger partial charge is 0.497 e. The maximum absolute atomic E-state index is 13.4. The van der Waals surface area contributed by atoms with Crippen LogP contribution in [0.2, 0.25) is 0 Å². The summed E-state index contributed by atoms with van der Waals surface area (Å²) in [6.07, 6.45) is 0.693. The summed E-state index contributed by atoms with van der Waals surface area (Å²) in [6.45, 7) is 0.331. The molecular formula is C32H29N3O3S. The number of hydrogen-bond donors (Lipinski definition) is 4. The second kappa shape index (κ2) is 11.9. The van der Waals surface area contributed by atoms with Crippen LogP contribution in [0.4, 0.5) is 5.69 Å². The van der Waals surface area contributed by atoms with E-state index in [1.165, 1.54) is 0 Å². The number of nitrogens with one attached hydrogen (secondary N) is 3. The van der Waals surface area contributed by atoms with Crippen LogP contribution < -0.4 is 20.7 Å². The summed E-state index contributed by atoms with van der Waals surface area (Å²) in [5, 5.41) is 9.36. The fourth-order valence-electron chi connectivity index (χ4n) is 4.58. The van der Waals surface area contributed by atoms with E-state index in [4.69, 9.17) is 4.74 Å². The Kier molecular flexibility index (Phi) is 7.99. The number of amides is 2. The Bertz CT molecular complexity index is 1500. The molecule has 1 atom stereocenters. The number of para-hydroxylation sites is 1. The first-order valence-electron chi connectivity index (χ1n) is 12.7. The lowest BCUT2D eigenvalue weighted by molar-refractivity contribution is -0.117. The first-order valence-corrected chi connectivity index (χ1v) is 13.1. The third-order valence-corrected chi connectivity index (χ3v) is 7.11. The van der Waals surface area contributed by atoms with Gasteiger partial charge in [-0.05, 0) is 65.1 Å². The molecule has 3 N–H and O–H groups in total. The van der Waals surface area contributed by atoms with E-state index in [-0.39, 0.29) is 17.9 Å². The van der Waals surface area contributed by atoms with Crippen molar-refractivity contribution in [2.75, 3.05) is 12.4 Å². The predicted molar refractivity (Wildman–Crippen MR) is 157 cm³/mol. The van der Waals surface area contributed by atoms with Crippen molar-refractivity contribution in [1.82, 2.24) is 10.6 Å². The Labute approximate surface area is 233 Å². The molecule has 0 radical (unpaired) electrons. The molecule has 0 saturated carbocycles. The Morgan fingerprint density at radius 2 is 1.56 bits per heavy atom. The maximum atomic E-state index is 13.4. The molecule has 2 amide bonds. The number of hydrogen-bond acceptors (Lipinski definition) is 5. The minimum Gasteiger partial charge on any atom is -0.497 e. The molecule has 4 aromatic carbocycles. The number of methoxy groups -OCH3 is 1. The number of ether oxygens (including phenoxy) is 1. The molecule has 1 unspecified atom stereocenters. The number of carbonyl (C=O) groups excluding carboxylic acids is 2. The molecule has 6 nitrogen and oxygen atoms in total. The van der Waals surface area contributed by atoms with E-state index in [2.05, 4.69) is 40.7 Å². The molecule has 0 saturated heterocycles. The van der Waals surface area contributed by atoms with Gasteiger partial charge in [-0.2, -0.15) is 0 Å². The molecular weight excluding hydrogens is 506 g/mol. The van der Waals surface area contributed by atoms with Gasteiger partial charge in [-0.15, -0.1) is 12.6 Å². The van der Waals surface area contributed by atoms with Crippen LogP contribution in [-0.2, 0) is 11.3 Å². The van der Waals surface area contributed by atoms with Crippen LogP contribution >= 0.6 is 12.6 Å². The molecule has 0 aromatic heterocycles. The van der Waals surface area contributed by atoms with Crippen molar-refractivity contribution < 1.29 is 14.3 Å². The maximum Gasteiger partial charge on any atom is 0.267 e. The van der Waals surface area contributed by atoms with E-state index in [9.17, 15) is 9.59 Å². The number of benzene rings is 4. The van der Waals surface area contributed by atoms with Crippen molar-refractivity contribution in [3.63, 3.8) is 0 Å². The highest BCUT2D eigenvalue weighted by Crippen LogP contribution is 2.36. The second-order valence-corrected chi connectivity index (χ2v) is 9.73. The summed E-state index contributed by atoms with van der Waals surface area (Å²) in [6, 6.07) is 32.4. The zero-order valence-corrected chi connectivity index (χ0v) is 22.4. The van der Waals surface area contributed by atoms with Crippen LogP contribution in [0.15, 0.2) is 114 Å². The van der Waals surface area contributed by atoms with Gasteiger partial charge in [-0.3, -0.25) is 9.59 Å². The average Bonchev–Trinajstić information content (AvgIpc) is 3.44. The highest BCUT2D eigenvalue weighted by molar-refractivity contribution is 7.80. The summed E-state index contributed by atoms with van der Waals surface area (Å²) in [7, 11) is 1.63. The molecule has 4 aromatic rings. The molecule has 0 bridgehead atoms. The SMILES string of the molecule is COc1ccc(C2=C(C(=O)NCc3ccc(C(=O)Nc4ccccc4S)cc3)NC(c3ccccc3)C2)cc1. The van der Waals surface area contributed by atoms with Gasteiger partial charge in [0.25, 0.3) is 11.8 Å². The molecule has 5 rings (SSSR count). The highest BCUT2D eigenvalue weighted by atomic mass is 32.1. The van der Waals surface area contributed by atoms with E-state index in [0.717, 1.165) is 28.0 Å². The molecule has 0 aliphatic carbocycles. The van der Waals surface area contributed by atoms with Crippen LogP contribution in [0.3, 0.4) is 0 Å². The van der Waals surface area contributed by atoms with E-state index >= 15 is 0 Å². The van der Waals surface area contributed by atoms with Crippen molar-refractivity contribution in [1.29, 1.82) is 0 Å². The van der Waals surface area contributed by atoms with Gasteiger partial charge < -0.3 is 20.7 Å². The standard InChI is InChI=1S/C32H29N3O3S/c1-38-25-17-15-22(16-18-25)26-19-28(23-7-3-2-4-8-23)34-30(26)32(37)33-20-21-11-13-24(14-12-21)31(36)35-27-9-5-6-10-29(27)39/h2-18,28,34,39H,19-20H2,1H3,(H,33,37)(H,35,36). The lowest BCUT2D eigenvalue weighted by atomic mass is 9.97. The predicted octanol–water partition coefficient (Wildman–Crippen LogP) is 6.00. The molecule has 196 valence electrons. The Morgan fingerprint density at radius 3 is 2.26 bits per heavy atom. The second-order valence-electron chi connectivity index (χ2n) is 9.24. The minimum absolute atomic E-state index is 0.00392. The van der Waals surface area contributed by atoms with Crippen molar-refractivity contribution in [2.45, 2.75) is 23.9 Å². The minimum atomic E-state index is -0.219. The Morgan fingerprint density at radius 1 is 0.872 bits per heavy atom. The summed E-state index contributed by atoms with van der Waals surface area (Å²) in [5.41, 5.74) is 5.69. The van der Waals surface area contributed by atoms with Gasteiger partial charge in [0, 0.05) is 17.0 Å². The van der Waals surface area contributed by atoms with Crippen molar-refractivity contribution >= 4 is 35.7 Å². The number of thiol groups is 1. The Hall–Kier alpha value is -4.49. The van der Waals surface area contributed by atoms with Crippen molar-refractivity contribution in [2.24, 2.45) is 0 Å². The Balaban J connectivity index is 1.28. The van der Waals surface area contributed by atoms with E-state index in [0.29, 0.717) is 34.8 Å². The van der Waals surface area contributed by atoms with Gasteiger partial charge in [0.05, 0.1) is 18.8 Å². The topological polar surface area (TPSA) is 79.5 Å². The van der Waals surface area contributed by atoms with Gasteiger partial charge in [0.1, 0.15) is 11.4 Å². The summed E-state index contributed by atoms with van der Waals surface area (Å²) >= 11 is 4.38. The van der Waals surface area contributed by atoms with Gasteiger partial charge in [0.15, 0.2) is 0 Å². The van der Waals surface area contributed by atoms with Gasteiger partial charge in [-0.1, -0.05) is 66.7 Å². The molecule has 7 heteroatoms. The van der Waals surface area contributed by atoms with E-state index in [1.54, 1.807) is 25.3 Å². The molecule has 0 fully saturated rings. The first-order chi connectivity index (χ1) is 19.0. The average molecular weight is 536 g/mol. The first kappa shape index (κ1) is 26.1. The monoisotopic (exact) mass is 535 g/mol. The third kappa shape index (κ3) is 6.16. The molecule has 0 spiro atoms. The van der Waals surface area contributed by atoms with E-state index < -0.39 is 0 Å².